The normalized spacial score (nSPS) is 28.7. The minimum absolute atomic E-state index is 0.484. The molecule has 0 radical (unpaired) electrons. The van der Waals surface area contributed by atoms with E-state index < -0.39 is 0 Å². The highest BCUT2D eigenvalue weighted by atomic mass is 15.1. The Morgan fingerprint density at radius 3 is 2.50 bits per heavy atom. The van der Waals surface area contributed by atoms with Gasteiger partial charge in [0.25, 0.3) is 0 Å². The molecule has 0 spiro atoms. The first-order chi connectivity index (χ1) is 7.43. The third-order valence-electron chi connectivity index (χ3n) is 3.88. The van der Waals surface area contributed by atoms with Crippen LogP contribution in [-0.2, 0) is 0 Å². The molecule has 0 saturated carbocycles. The number of rotatable bonds is 5. The van der Waals surface area contributed by atoms with Crippen LogP contribution in [-0.4, -0.2) is 37.6 Å². The van der Waals surface area contributed by atoms with E-state index in [1.807, 2.05) is 0 Å². The van der Waals surface area contributed by atoms with Crippen LogP contribution in [0.4, 0.5) is 0 Å². The highest BCUT2D eigenvalue weighted by Crippen LogP contribution is 2.27. The summed E-state index contributed by atoms with van der Waals surface area (Å²) in [5, 5.41) is 3.53. The van der Waals surface area contributed by atoms with Crippen LogP contribution in [0.5, 0.6) is 0 Å². The molecule has 96 valence electrons. The molecule has 1 saturated heterocycles. The molecule has 1 fully saturated rings. The van der Waals surface area contributed by atoms with Crippen LogP contribution in [0.15, 0.2) is 0 Å². The van der Waals surface area contributed by atoms with Crippen LogP contribution in [0.2, 0.25) is 0 Å². The predicted octanol–water partition coefficient (Wildman–Crippen LogP) is 2.74. The quantitative estimate of drug-likeness (QED) is 0.775. The largest absolute Gasteiger partial charge is 0.316 e. The van der Waals surface area contributed by atoms with Crippen molar-refractivity contribution in [3.05, 3.63) is 0 Å². The maximum Gasteiger partial charge on any atom is 0.00665 e. The van der Waals surface area contributed by atoms with E-state index in [1.165, 1.54) is 38.9 Å². The first-order valence-corrected chi connectivity index (χ1v) is 6.84. The maximum atomic E-state index is 3.53. The Bertz CT molecular complexity index is 195. The molecule has 1 rings (SSSR count). The van der Waals surface area contributed by atoms with Crippen LogP contribution in [0.25, 0.3) is 0 Å². The fourth-order valence-corrected chi connectivity index (χ4v) is 2.87. The Morgan fingerprint density at radius 2 is 2.00 bits per heavy atom. The molecule has 0 bridgehead atoms. The Labute approximate surface area is 102 Å². The molecular weight excluding hydrogens is 196 g/mol. The van der Waals surface area contributed by atoms with Gasteiger partial charge in [-0.2, -0.15) is 0 Å². The third-order valence-corrected chi connectivity index (χ3v) is 3.88. The topological polar surface area (TPSA) is 15.3 Å². The van der Waals surface area contributed by atoms with E-state index in [-0.39, 0.29) is 0 Å². The molecule has 0 aliphatic carbocycles. The maximum absolute atomic E-state index is 3.53. The van der Waals surface area contributed by atoms with Gasteiger partial charge in [0.05, 0.1) is 0 Å². The average molecular weight is 226 g/mol. The first kappa shape index (κ1) is 14.0. The number of nitrogens with one attached hydrogen (secondary N) is 1. The average Bonchev–Trinajstić information content (AvgIpc) is 2.16. The second-order valence-corrected chi connectivity index (χ2v) is 6.48. The van der Waals surface area contributed by atoms with Crippen LogP contribution in [0.3, 0.4) is 0 Å². The molecule has 2 unspecified atom stereocenters. The lowest BCUT2D eigenvalue weighted by Crippen LogP contribution is -2.47. The van der Waals surface area contributed by atoms with Crippen molar-refractivity contribution in [3.8, 4) is 0 Å². The van der Waals surface area contributed by atoms with E-state index in [1.54, 1.807) is 0 Å². The summed E-state index contributed by atoms with van der Waals surface area (Å²) in [6.45, 7) is 13.0. The van der Waals surface area contributed by atoms with Gasteiger partial charge in [0.15, 0.2) is 0 Å². The second kappa shape index (κ2) is 6.02. The van der Waals surface area contributed by atoms with Crippen LogP contribution < -0.4 is 5.32 Å². The minimum atomic E-state index is 0.484. The number of hydrogen-bond donors (Lipinski definition) is 1. The van der Waals surface area contributed by atoms with Gasteiger partial charge in [-0.3, -0.25) is 0 Å². The molecule has 2 atom stereocenters. The molecule has 16 heavy (non-hydrogen) atoms. The van der Waals surface area contributed by atoms with Crippen molar-refractivity contribution in [1.82, 2.24) is 10.2 Å². The molecule has 2 nitrogen and oxygen atoms in total. The Kier molecular flexibility index (Phi) is 5.26. The monoisotopic (exact) mass is 226 g/mol. The smallest absolute Gasteiger partial charge is 0.00665 e. The summed E-state index contributed by atoms with van der Waals surface area (Å²) >= 11 is 0. The summed E-state index contributed by atoms with van der Waals surface area (Å²) in [6, 6.07) is 0.707. The number of piperidine rings is 1. The van der Waals surface area contributed by atoms with Gasteiger partial charge in [-0.1, -0.05) is 20.8 Å². The summed E-state index contributed by atoms with van der Waals surface area (Å²) in [5.74, 6) is 0.801. The van der Waals surface area contributed by atoms with Gasteiger partial charge >= 0.3 is 0 Å². The molecule has 2 heteroatoms. The van der Waals surface area contributed by atoms with Crippen molar-refractivity contribution in [2.24, 2.45) is 11.3 Å². The predicted molar refractivity (Wildman–Crippen MR) is 71.8 cm³/mol. The molecule has 0 amide bonds. The van der Waals surface area contributed by atoms with Crippen LogP contribution in [0.1, 0.15) is 47.0 Å². The zero-order chi connectivity index (χ0) is 12.2. The standard InChI is InChI=1S/C14H30N2/c1-12(2)9-13(3)16(5)11-14(4)7-6-8-15-10-14/h12-13,15H,6-11H2,1-5H3. The zero-order valence-corrected chi connectivity index (χ0v) is 11.8. The van der Waals surface area contributed by atoms with E-state index in [9.17, 15) is 0 Å². The minimum Gasteiger partial charge on any atom is -0.316 e. The molecule has 1 heterocycles. The molecule has 0 aromatic heterocycles. The fraction of sp³-hybridized carbons (Fsp3) is 1.00. The van der Waals surface area contributed by atoms with Crippen molar-refractivity contribution in [2.45, 2.75) is 53.0 Å². The Morgan fingerprint density at radius 1 is 1.31 bits per heavy atom. The van der Waals surface area contributed by atoms with Gasteiger partial charge in [0.1, 0.15) is 0 Å². The van der Waals surface area contributed by atoms with Gasteiger partial charge in [0.2, 0.25) is 0 Å². The van der Waals surface area contributed by atoms with E-state index in [4.69, 9.17) is 0 Å². The number of hydrogen-bond acceptors (Lipinski definition) is 2. The highest BCUT2D eigenvalue weighted by Gasteiger charge is 2.29. The summed E-state index contributed by atoms with van der Waals surface area (Å²) in [4.78, 5) is 2.55. The van der Waals surface area contributed by atoms with Gasteiger partial charge in [-0.05, 0) is 51.1 Å². The highest BCUT2D eigenvalue weighted by molar-refractivity contribution is 4.85. The Hall–Kier alpha value is -0.0800. The lowest BCUT2D eigenvalue weighted by atomic mass is 9.82. The lowest BCUT2D eigenvalue weighted by Gasteiger charge is -2.39. The Balaban J connectivity index is 2.39. The molecule has 0 aromatic carbocycles. The van der Waals surface area contributed by atoms with Gasteiger partial charge in [0, 0.05) is 19.1 Å². The van der Waals surface area contributed by atoms with E-state index in [0.717, 1.165) is 5.92 Å². The summed E-state index contributed by atoms with van der Waals surface area (Å²) in [7, 11) is 2.28. The first-order valence-electron chi connectivity index (χ1n) is 6.84. The summed E-state index contributed by atoms with van der Waals surface area (Å²) in [5.41, 5.74) is 0.484. The van der Waals surface area contributed by atoms with Gasteiger partial charge in [-0.15, -0.1) is 0 Å². The molecule has 1 aliphatic rings. The molecular formula is C14H30N2. The summed E-state index contributed by atoms with van der Waals surface area (Å²) in [6.07, 6.45) is 4.02. The number of nitrogens with zero attached hydrogens (tertiary/aromatic N) is 1. The van der Waals surface area contributed by atoms with E-state index >= 15 is 0 Å². The molecule has 0 aromatic rings. The van der Waals surface area contributed by atoms with Crippen LogP contribution in [0, 0.1) is 11.3 Å². The van der Waals surface area contributed by atoms with E-state index in [0.29, 0.717) is 11.5 Å². The SMILES string of the molecule is CC(C)CC(C)N(C)CC1(C)CCCNC1. The third kappa shape index (κ3) is 4.42. The lowest BCUT2D eigenvalue weighted by molar-refractivity contribution is 0.118. The van der Waals surface area contributed by atoms with Crippen molar-refractivity contribution < 1.29 is 0 Å². The van der Waals surface area contributed by atoms with Crippen molar-refractivity contribution >= 4 is 0 Å². The van der Waals surface area contributed by atoms with Gasteiger partial charge in [-0.25, -0.2) is 0 Å². The summed E-state index contributed by atoms with van der Waals surface area (Å²) < 4.78 is 0. The van der Waals surface area contributed by atoms with Gasteiger partial charge < -0.3 is 10.2 Å². The zero-order valence-electron chi connectivity index (χ0n) is 11.8. The fourth-order valence-electron chi connectivity index (χ4n) is 2.87. The molecule has 1 aliphatic heterocycles. The van der Waals surface area contributed by atoms with Crippen molar-refractivity contribution in [2.75, 3.05) is 26.7 Å². The second-order valence-electron chi connectivity index (χ2n) is 6.48. The molecule has 1 N–H and O–H groups in total. The van der Waals surface area contributed by atoms with E-state index in [2.05, 4.69) is 45.0 Å². The van der Waals surface area contributed by atoms with Crippen LogP contribution >= 0.6 is 0 Å². The van der Waals surface area contributed by atoms with Crippen molar-refractivity contribution in [3.63, 3.8) is 0 Å². The van der Waals surface area contributed by atoms with Crippen molar-refractivity contribution in [1.29, 1.82) is 0 Å².